The van der Waals surface area contributed by atoms with Crippen molar-refractivity contribution in [3.8, 4) is 0 Å². The van der Waals surface area contributed by atoms with Gasteiger partial charge in [0.2, 0.25) is 0 Å². The van der Waals surface area contributed by atoms with Crippen LogP contribution < -0.4 is 5.73 Å². The van der Waals surface area contributed by atoms with Gasteiger partial charge in [0, 0.05) is 12.5 Å². The predicted octanol–water partition coefficient (Wildman–Crippen LogP) is 2.00. The van der Waals surface area contributed by atoms with Gasteiger partial charge in [0.15, 0.2) is 0 Å². The van der Waals surface area contributed by atoms with Crippen LogP contribution in [0.25, 0.3) is 0 Å². The molecule has 2 atom stereocenters. The second-order valence-electron chi connectivity index (χ2n) is 5.26. The topological polar surface area (TPSA) is 63.3 Å². The average molecular weight is 199 g/mol. The fraction of sp³-hybridized carbons (Fsp3) is 0.909. The van der Waals surface area contributed by atoms with E-state index in [4.69, 9.17) is 10.8 Å². The Labute approximate surface area is 85.7 Å². The van der Waals surface area contributed by atoms with E-state index < -0.39 is 5.97 Å². The molecule has 0 aromatic heterocycles. The van der Waals surface area contributed by atoms with Crippen molar-refractivity contribution >= 4 is 5.97 Å². The third-order valence-corrected chi connectivity index (χ3v) is 3.30. The number of nitrogens with two attached hydrogens (primary N) is 1. The van der Waals surface area contributed by atoms with Crippen molar-refractivity contribution in [3.63, 3.8) is 0 Å². The summed E-state index contributed by atoms with van der Waals surface area (Å²) in [5, 5.41) is 8.55. The minimum atomic E-state index is -0.738. The average Bonchev–Trinajstić information content (AvgIpc) is 2.41. The van der Waals surface area contributed by atoms with Crippen LogP contribution >= 0.6 is 0 Å². The summed E-state index contributed by atoms with van der Waals surface area (Å²) in [5.41, 5.74) is 6.39. The molecule has 2 unspecified atom stereocenters. The molecule has 0 radical (unpaired) electrons. The lowest BCUT2D eigenvalue weighted by Gasteiger charge is -2.21. The van der Waals surface area contributed by atoms with E-state index in [1.54, 1.807) is 0 Å². The van der Waals surface area contributed by atoms with E-state index in [1.165, 1.54) is 6.42 Å². The highest BCUT2D eigenvalue weighted by molar-refractivity contribution is 5.66. The van der Waals surface area contributed by atoms with Crippen molar-refractivity contribution in [3.05, 3.63) is 0 Å². The van der Waals surface area contributed by atoms with Crippen molar-refractivity contribution < 1.29 is 9.90 Å². The lowest BCUT2D eigenvalue weighted by Crippen LogP contribution is -2.29. The molecule has 0 spiro atoms. The predicted molar refractivity (Wildman–Crippen MR) is 56.0 cm³/mol. The zero-order valence-corrected chi connectivity index (χ0v) is 9.12. The van der Waals surface area contributed by atoms with Gasteiger partial charge in [-0.1, -0.05) is 13.8 Å². The first-order valence-corrected chi connectivity index (χ1v) is 5.38. The highest BCUT2D eigenvalue weighted by atomic mass is 16.4. The molecule has 14 heavy (non-hydrogen) atoms. The van der Waals surface area contributed by atoms with E-state index in [0.717, 1.165) is 12.8 Å². The van der Waals surface area contributed by atoms with Gasteiger partial charge in [-0.05, 0) is 37.0 Å². The molecule has 0 saturated heterocycles. The summed E-state index contributed by atoms with van der Waals surface area (Å²) in [5.74, 6) is -0.206. The van der Waals surface area contributed by atoms with Gasteiger partial charge >= 0.3 is 5.97 Å². The first-order chi connectivity index (χ1) is 6.41. The Morgan fingerprint density at radius 3 is 2.71 bits per heavy atom. The molecular formula is C11H21NO2. The van der Waals surface area contributed by atoms with Crippen LogP contribution in [0.1, 0.15) is 46.0 Å². The van der Waals surface area contributed by atoms with Gasteiger partial charge in [0.05, 0.1) is 0 Å². The molecule has 3 heteroatoms. The molecule has 0 aliphatic heterocycles. The molecule has 1 rings (SSSR count). The van der Waals surface area contributed by atoms with Gasteiger partial charge in [-0.2, -0.15) is 0 Å². The first-order valence-electron chi connectivity index (χ1n) is 5.38. The number of hydrogen-bond donors (Lipinski definition) is 2. The van der Waals surface area contributed by atoms with Crippen LogP contribution in [0.2, 0.25) is 0 Å². The Morgan fingerprint density at radius 1 is 1.64 bits per heavy atom. The smallest absolute Gasteiger partial charge is 0.303 e. The summed E-state index contributed by atoms with van der Waals surface area (Å²) >= 11 is 0. The number of rotatable bonds is 4. The molecule has 0 heterocycles. The molecule has 3 nitrogen and oxygen atoms in total. The van der Waals surface area contributed by atoms with Crippen LogP contribution in [-0.2, 0) is 4.79 Å². The second-order valence-corrected chi connectivity index (χ2v) is 5.26. The SMILES string of the molecule is CC1(C)CCC(C(N)CCC(=O)O)C1. The molecule has 1 fully saturated rings. The normalized spacial score (nSPS) is 27.5. The molecule has 1 aliphatic rings. The highest BCUT2D eigenvalue weighted by Crippen LogP contribution is 2.42. The Morgan fingerprint density at radius 2 is 2.29 bits per heavy atom. The van der Waals surface area contributed by atoms with E-state index in [-0.39, 0.29) is 12.5 Å². The number of carbonyl (C=O) groups is 1. The van der Waals surface area contributed by atoms with Gasteiger partial charge in [0.1, 0.15) is 0 Å². The van der Waals surface area contributed by atoms with Gasteiger partial charge < -0.3 is 10.8 Å². The summed E-state index contributed by atoms with van der Waals surface area (Å²) in [6, 6.07) is 0.0767. The number of carboxylic acids is 1. The zero-order valence-electron chi connectivity index (χ0n) is 9.12. The molecular weight excluding hydrogens is 178 g/mol. The monoisotopic (exact) mass is 199 g/mol. The first kappa shape index (κ1) is 11.5. The van der Waals surface area contributed by atoms with Gasteiger partial charge in [0.25, 0.3) is 0 Å². The van der Waals surface area contributed by atoms with Crippen molar-refractivity contribution in [2.45, 2.75) is 52.0 Å². The summed E-state index contributed by atoms with van der Waals surface area (Å²) in [6.07, 6.45) is 4.36. The largest absolute Gasteiger partial charge is 0.481 e. The van der Waals surface area contributed by atoms with Crippen molar-refractivity contribution in [2.24, 2.45) is 17.1 Å². The second kappa shape index (κ2) is 4.30. The van der Waals surface area contributed by atoms with E-state index in [0.29, 0.717) is 17.8 Å². The molecule has 1 aliphatic carbocycles. The Kier molecular flexibility index (Phi) is 3.53. The van der Waals surface area contributed by atoms with E-state index in [1.807, 2.05) is 0 Å². The third-order valence-electron chi connectivity index (χ3n) is 3.30. The molecule has 0 bridgehead atoms. The molecule has 3 N–H and O–H groups in total. The Hall–Kier alpha value is -0.570. The number of hydrogen-bond acceptors (Lipinski definition) is 2. The van der Waals surface area contributed by atoms with Crippen molar-refractivity contribution in [1.29, 1.82) is 0 Å². The maximum Gasteiger partial charge on any atom is 0.303 e. The maximum absolute atomic E-state index is 10.4. The summed E-state index contributed by atoms with van der Waals surface area (Å²) in [7, 11) is 0. The van der Waals surface area contributed by atoms with E-state index >= 15 is 0 Å². The minimum absolute atomic E-state index is 0.0767. The van der Waals surface area contributed by atoms with Crippen molar-refractivity contribution in [1.82, 2.24) is 0 Å². The lowest BCUT2D eigenvalue weighted by atomic mass is 9.87. The summed E-state index contributed by atoms with van der Waals surface area (Å²) < 4.78 is 0. The van der Waals surface area contributed by atoms with Crippen LogP contribution in [-0.4, -0.2) is 17.1 Å². The fourth-order valence-electron chi connectivity index (χ4n) is 2.38. The van der Waals surface area contributed by atoms with Crippen LogP contribution in [0.3, 0.4) is 0 Å². The van der Waals surface area contributed by atoms with Crippen LogP contribution in [0.15, 0.2) is 0 Å². The van der Waals surface area contributed by atoms with Crippen LogP contribution in [0, 0.1) is 11.3 Å². The van der Waals surface area contributed by atoms with Crippen LogP contribution in [0.4, 0.5) is 0 Å². The van der Waals surface area contributed by atoms with Crippen molar-refractivity contribution in [2.75, 3.05) is 0 Å². The fourth-order valence-corrected chi connectivity index (χ4v) is 2.38. The molecule has 82 valence electrons. The third kappa shape index (κ3) is 3.29. The summed E-state index contributed by atoms with van der Waals surface area (Å²) in [6.45, 7) is 4.52. The summed E-state index contributed by atoms with van der Waals surface area (Å²) in [4.78, 5) is 10.4. The Bertz CT molecular complexity index is 213. The quantitative estimate of drug-likeness (QED) is 0.728. The molecule has 0 amide bonds. The van der Waals surface area contributed by atoms with Gasteiger partial charge in [-0.15, -0.1) is 0 Å². The molecule has 1 saturated carbocycles. The maximum atomic E-state index is 10.4. The number of aliphatic carboxylic acids is 1. The standard InChI is InChI=1S/C11H21NO2/c1-11(2)6-5-8(7-11)9(12)3-4-10(13)14/h8-9H,3-7,12H2,1-2H3,(H,13,14). The minimum Gasteiger partial charge on any atom is -0.481 e. The highest BCUT2D eigenvalue weighted by Gasteiger charge is 2.33. The van der Waals surface area contributed by atoms with Crippen LogP contribution in [0.5, 0.6) is 0 Å². The molecule has 0 aromatic carbocycles. The lowest BCUT2D eigenvalue weighted by molar-refractivity contribution is -0.137. The Balaban J connectivity index is 2.32. The van der Waals surface area contributed by atoms with E-state index in [9.17, 15) is 4.79 Å². The van der Waals surface area contributed by atoms with Gasteiger partial charge in [-0.3, -0.25) is 4.79 Å². The van der Waals surface area contributed by atoms with Gasteiger partial charge in [-0.25, -0.2) is 0 Å². The number of carboxylic acid groups (broad SMARTS) is 1. The zero-order chi connectivity index (χ0) is 10.8. The molecule has 0 aromatic rings. The van der Waals surface area contributed by atoms with E-state index in [2.05, 4.69) is 13.8 Å².